The fourth-order valence-corrected chi connectivity index (χ4v) is 2.59. The molecule has 1 nitrogen and oxygen atoms in total. The van der Waals surface area contributed by atoms with Crippen LogP contribution in [0, 0.1) is 5.92 Å². The fourth-order valence-electron chi connectivity index (χ4n) is 2.59. The van der Waals surface area contributed by atoms with Gasteiger partial charge in [0.25, 0.3) is 0 Å². The van der Waals surface area contributed by atoms with Gasteiger partial charge in [-0.05, 0) is 25.7 Å². The Morgan fingerprint density at radius 1 is 1.43 bits per heavy atom. The highest BCUT2D eigenvalue weighted by Gasteiger charge is 2.38. The maximum atomic E-state index is 10.4. The minimum absolute atomic E-state index is 0.351. The summed E-state index contributed by atoms with van der Waals surface area (Å²) in [7, 11) is 0. The van der Waals surface area contributed by atoms with Crippen molar-refractivity contribution in [3.8, 4) is 0 Å². The lowest BCUT2D eigenvalue weighted by molar-refractivity contribution is 0.00860. The smallest absolute Gasteiger partial charge is 0.0710 e. The Hall–Kier alpha value is -0.300. The summed E-state index contributed by atoms with van der Waals surface area (Å²) in [5.74, 6) is 0.351. The van der Waals surface area contributed by atoms with E-state index < -0.39 is 5.60 Å². The third-order valence-corrected chi connectivity index (χ3v) is 3.56. The van der Waals surface area contributed by atoms with Gasteiger partial charge in [-0.15, -0.1) is 6.58 Å². The van der Waals surface area contributed by atoms with E-state index in [4.69, 9.17) is 0 Å². The van der Waals surface area contributed by atoms with Gasteiger partial charge in [0.05, 0.1) is 5.60 Å². The lowest BCUT2D eigenvalue weighted by Crippen LogP contribution is -2.31. The summed E-state index contributed by atoms with van der Waals surface area (Å²) < 4.78 is 0. The van der Waals surface area contributed by atoms with Gasteiger partial charge in [0, 0.05) is 5.92 Å². The molecule has 0 radical (unpaired) electrons. The average Bonchev–Trinajstić information content (AvgIpc) is 2.55. The number of rotatable bonds is 6. The van der Waals surface area contributed by atoms with Gasteiger partial charge in [-0.3, -0.25) is 0 Å². The van der Waals surface area contributed by atoms with Crippen LogP contribution in [0.4, 0.5) is 0 Å². The fraction of sp³-hybridized carbons (Fsp3) is 0.846. The van der Waals surface area contributed by atoms with Gasteiger partial charge in [-0.25, -0.2) is 0 Å². The molecule has 2 atom stereocenters. The molecule has 0 unspecified atom stereocenters. The molecule has 1 fully saturated rings. The zero-order chi connectivity index (χ0) is 10.4. The van der Waals surface area contributed by atoms with Crippen molar-refractivity contribution in [2.24, 2.45) is 5.92 Å². The van der Waals surface area contributed by atoms with Crippen LogP contribution in [0.5, 0.6) is 0 Å². The normalized spacial score (nSPS) is 32.0. The van der Waals surface area contributed by atoms with Crippen LogP contribution in [-0.4, -0.2) is 10.7 Å². The van der Waals surface area contributed by atoms with E-state index in [0.29, 0.717) is 5.92 Å². The van der Waals surface area contributed by atoms with Crippen molar-refractivity contribution >= 4 is 0 Å². The van der Waals surface area contributed by atoms with Gasteiger partial charge in [0.1, 0.15) is 0 Å². The molecule has 1 aliphatic carbocycles. The first-order valence-corrected chi connectivity index (χ1v) is 6.08. The van der Waals surface area contributed by atoms with E-state index in [1.54, 1.807) is 0 Å². The Balaban J connectivity index is 2.29. The standard InChI is InChI=1S/C13H24O/c1-3-5-6-7-10-13(14)11-8-9-12(13)4-2/h4,12,14H,2-3,5-11H2,1H3/t12-,13+/m1/s1. The molecule has 1 rings (SSSR count). The first-order chi connectivity index (χ1) is 6.73. The Morgan fingerprint density at radius 2 is 2.21 bits per heavy atom. The number of aliphatic hydroxyl groups is 1. The van der Waals surface area contributed by atoms with Gasteiger partial charge in [0.2, 0.25) is 0 Å². The molecule has 0 heterocycles. The van der Waals surface area contributed by atoms with Crippen LogP contribution >= 0.6 is 0 Å². The minimum atomic E-state index is -0.407. The van der Waals surface area contributed by atoms with E-state index in [2.05, 4.69) is 13.5 Å². The maximum absolute atomic E-state index is 10.4. The lowest BCUT2D eigenvalue weighted by atomic mass is 9.86. The first-order valence-electron chi connectivity index (χ1n) is 6.08. The van der Waals surface area contributed by atoms with Gasteiger partial charge < -0.3 is 5.11 Å². The molecular weight excluding hydrogens is 172 g/mol. The van der Waals surface area contributed by atoms with Gasteiger partial charge in [-0.1, -0.05) is 38.7 Å². The summed E-state index contributed by atoms with van der Waals surface area (Å²) in [6, 6.07) is 0. The van der Waals surface area contributed by atoms with E-state index in [-0.39, 0.29) is 0 Å². The molecule has 0 amide bonds. The van der Waals surface area contributed by atoms with Crippen molar-refractivity contribution in [3.05, 3.63) is 12.7 Å². The molecule has 1 aliphatic rings. The second kappa shape index (κ2) is 5.55. The van der Waals surface area contributed by atoms with Gasteiger partial charge in [0.15, 0.2) is 0 Å². The van der Waals surface area contributed by atoms with Crippen molar-refractivity contribution in [1.82, 2.24) is 0 Å². The monoisotopic (exact) mass is 196 g/mol. The summed E-state index contributed by atoms with van der Waals surface area (Å²) in [6.07, 6.45) is 11.2. The van der Waals surface area contributed by atoms with Crippen LogP contribution in [0.3, 0.4) is 0 Å². The highest BCUT2D eigenvalue weighted by Crippen LogP contribution is 2.39. The molecule has 0 aliphatic heterocycles. The molecule has 0 bridgehead atoms. The largest absolute Gasteiger partial charge is 0.389 e. The van der Waals surface area contributed by atoms with E-state index in [0.717, 1.165) is 19.3 Å². The summed E-state index contributed by atoms with van der Waals surface area (Å²) in [4.78, 5) is 0. The second-order valence-electron chi connectivity index (χ2n) is 4.65. The summed E-state index contributed by atoms with van der Waals surface area (Å²) >= 11 is 0. The number of hydrogen-bond donors (Lipinski definition) is 1. The summed E-state index contributed by atoms with van der Waals surface area (Å²) in [6.45, 7) is 6.04. The predicted octanol–water partition coefficient (Wildman–Crippen LogP) is 3.67. The maximum Gasteiger partial charge on any atom is 0.0710 e. The van der Waals surface area contributed by atoms with Crippen LogP contribution in [0.25, 0.3) is 0 Å². The average molecular weight is 196 g/mol. The Morgan fingerprint density at radius 3 is 2.86 bits per heavy atom. The molecule has 14 heavy (non-hydrogen) atoms. The highest BCUT2D eigenvalue weighted by atomic mass is 16.3. The van der Waals surface area contributed by atoms with Crippen molar-refractivity contribution in [3.63, 3.8) is 0 Å². The van der Waals surface area contributed by atoms with Crippen LogP contribution in [-0.2, 0) is 0 Å². The highest BCUT2D eigenvalue weighted by molar-refractivity contribution is 5.00. The van der Waals surface area contributed by atoms with Crippen LogP contribution in [0.1, 0.15) is 58.3 Å². The van der Waals surface area contributed by atoms with Crippen molar-refractivity contribution in [2.75, 3.05) is 0 Å². The van der Waals surface area contributed by atoms with Gasteiger partial charge in [-0.2, -0.15) is 0 Å². The van der Waals surface area contributed by atoms with Crippen LogP contribution in [0.15, 0.2) is 12.7 Å². The SMILES string of the molecule is C=C[C@@H]1CCC[C@@]1(O)CCCCCC. The molecule has 1 heteroatoms. The van der Waals surface area contributed by atoms with E-state index in [1.165, 1.54) is 32.1 Å². The quantitative estimate of drug-likeness (QED) is 0.507. The lowest BCUT2D eigenvalue weighted by Gasteiger charge is -2.28. The molecule has 0 saturated heterocycles. The van der Waals surface area contributed by atoms with Gasteiger partial charge >= 0.3 is 0 Å². The Bertz CT molecular complexity index is 176. The van der Waals surface area contributed by atoms with Crippen LogP contribution < -0.4 is 0 Å². The Labute approximate surface area is 88.2 Å². The topological polar surface area (TPSA) is 20.2 Å². The Kier molecular flexibility index (Phi) is 4.67. The van der Waals surface area contributed by atoms with E-state index in [9.17, 15) is 5.11 Å². The predicted molar refractivity (Wildman–Crippen MR) is 61.2 cm³/mol. The second-order valence-corrected chi connectivity index (χ2v) is 4.65. The molecule has 0 spiro atoms. The first kappa shape index (κ1) is 11.8. The molecule has 0 aromatic carbocycles. The van der Waals surface area contributed by atoms with E-state index in [1.807, 2.05) is 6.08 Å². The number of unbranched alkanes of at least 4 members (excludes halogenated alkanes) is 3. The minimum Gasteiger partial charge on any atom is -0.389 e. The third-order valence-electron chi connectivity index (χ3n) is 3.56. The molecule has 0 aromatic rings. The summed E-state index contributed by atoms with van der Waals surface area (Å²) in [5.41, 5.74) is -0.407. The molecule has 1 saturated carbocycles. The van der Waals surface area contributed by atoms with Crippen molar-refractivity contribution in [2.45, 2.75) is 63.9 Å². The molecule has 82 valence electrons. The molecule has 1 N–H and O–H groups in total. The third kappa shape index (κ3) is 2.84. The van der Waals surface area contributed by atoms with Crippen molar-refractivity contribution < 1.29 is 5.11 Å². The molecule has 0 aromatic heterocycles. The van der Waals surface area contributed by atoms with E-state index >= 15 is 0 Å². The summed E-state index contributed by atoms with van der Waals surface area (Å²) in [5, 5.41) is 10.4. The molecular formula is C13H24O. The zero-order valence-electron chi connectivity index (χ0n) is 9.47. The zero-order valence-corrected chi connectivity index (χ0v) is 9.47. The van der Waals surface area contributed by atoms with Crippen LogP contribution in [0.2, 0.25) is 0 Å². The van der Waals surface area contributed by atoms with Crippen molar-refractivity contribution in [1.29, 1.82) is 0 Å². The number of hydrogen-bond acceptors (Lipinski definition) is 1.